The summed E-state index contributed by atoms with van der Waals surface area (Å²) in [5.41, 5.74) is 0.454. The summed E-state index contributed by atoms with van der Waals surface area (Å²) in [6.45, 7) is 0.313. The maximum atomic E-state index is 12.3. The SMILES string of the molecule is O=C1CC(c2nc(-c3ccc(OC(F)(F)F)cc3)no2)CN1c1ccc(Cl)cn1. The second-order valence-corrected chi connectivity index (χ2v) is 6.70. The van der Waals surface area contributed by atoms with Gasteiger partial charge in [0.1, 0.15) is 11.6 Å². The van der Waals surface area contributed by atoms with E-state index in [0.717, 1.165) is 12.1 Å². The van der Waals surface area contributed by atoms with E-state index in [-0.39, 0.29) is 35.7 Å². The Bertz CT molecular complexity index is 1020. The highest BCUT2D eigenvalue weighted by atomic mass is 35.5. The van der Waals surface area contributed by atoms with Gasteiger partial charge in [-0.3, -0.25) is 9.69 Å². The number of hydrogen-bond donors (Lipinski definition) is 0. The van der Waals surface area contributed by atoms with Crippen molar-refractivity contribution < 1.29 is 27.2 Å². The van der Waals surface area contributed by atoms with Gasteiger partial charge in [-0.25, -0.2) is 4.98 Å². The number of benzene rings is 1. The lowest BCUT2D eigenvalue weighted by molar-refractivity contribution is -0.274. The number of halogens is 4. The van der Waals surface area contributed by atoms with Crippen molar-refractivity contribution in [2.75, 3.05) is 11.4 Å². The Morgan fingerprint density at radius 2 is 1.93 bits per heavy atom. The van der Waals surface area contributed by atoms with Crippen molar-refractivity contribution in [3.63, 3.8) is 0 Å². The fourth-order valence-corrected chi connectivity index (χ4v) is 3.06. The van der Waals surface area contributed by atoms with Gasteiger partial charge in [-0.2, -0.15) is 4.98 Å². The maximum Gasteiger partial charge on any atom is 0.573 e. The minimum Gasteiger partial charge on any atom is -0.406 e. The summed E-state index contributed by atoms with van der Waals surface area (Å²) in [5.74, 6) is 0.126. The Morgan fingerprint density at radius 1 is 1.17 bits per heavy atom. The molecule has 1 aliphatic heterocycles. The fraction of sp³-hybridized carbons (Fsp3) is 0.222. The van der Waals surface area contributed by atoms with Crippen molar-refractivity contribution in [1.29, 1.82) is 0 Å². The van der Waals surface area contributed by atoms with E-state index in [2.05, 4.69) is 19.9 Å². The maximum absolute atomic E-state index is 12.3. The molecule has 11 heteroatoms. The van der Waals surface area contributed by atoms with Crippen molar-refractivity contribution in [2.45, 2.75) is 18.7 Å². The van der Waals surface area contributed by atoms with Gasteiger partial charge in [0.05, 0.1) is 10.9 Å². The molecule has 0 aliphatic carbocycles. The van der Waals surface area contributed by atoms with Crippen LogP contribution in [0.3, 0.4) is 0 Å². The molecule has 1 aliphatic rings. The molecular formula is C18H12ClF3N4O3. The first kappa shape index (κ1) is 19.2. The molecule has 1 fully saturated rings. The van der Waals surface area contributed by atoms with E-state index in [0.29, 0.717) is 22.9 Å². The van der Waals surface area contributed by atoms with E-state index >= 15 is 0 Å². The van der Waals surface area contributed by atoms with Crippen molar-refractivity contribution in [2.24, 2.45) is 0 Å². The largest absolute Gasteiger partial charge is 0.573 e. The zero-order valence-corrected chi connectivity index (χ0v) is 15.3. The van der Waals surface area contributed by atoms with E-state index in [1.807, 2.05) is 0 Å². The van der Waals surface area contributed by atoms with E-state index in [4.69, 9.17) is 16.1 Å². The molecule has 3 heterocycles. The Hall–Kier alpha value is -3.14. The van der Waals surface area contributed by atoms with Crippen LogP contribution in [0.5, 0.6) is 5.75 Å². The monoisotopic (exact) mass is 424 g/mol. The molecule has 0 N–H and O–H groups in total. The smallest absolute Gasteiger partial charge is 0.406 e. The van der Waals surface area contributed by atoms with Gasteiger partial charge in [0.15, 0.2) is 0 Å². The van der Waals surface area contributed by atoms with Crippen LogP contribution in [0.1, 0.15) is 18.2 Å². The summed E-state index contributed by atoms with van der Waals surface area (Å²) in [7, 11) is 0. The number of ether oxygens (including phenoxy) is 1. The Balaban J connectivity index is 1.48. The van der Waals surface area contributed by atoms with Gasteiger partial charge in [-0.05, 0) is 36.4 Å². The number of alkyl halides is 3. The van der Waals surface area contributed by atoms with E-state index < -0.39 is 6.36 Å². The van der Waals surface area contributed by atoms with Crippen LogP contribution in [-0.4, -0.2) is 33.9 Å². The number of nitrogens with zero attached hydrogens (tertiary/aromatic N) is 4. The fourth-order valence-electron chi connectivity index (χ4n) is 2.95. The summed E-state index contributed by atoms with van der Waals surface area (Å²) in [6, 6.07) is 8.38. The summed E-state index contributed by atoms with van der Waals surface area (Å²) in [4.78, 5) is 22.3. The number of amides is 1. The molecule has 2 aromatic heterocycles. The number of pyridine rings is 1. The first-order valence-corrected chi connectivity index (χ1v) is 8.78. The molecule has 1 amide bonds. The van der Waals surface area contributed by atoms with Crippen molar-refractivity contribution in [1.82, 2.24) is 15.1 Å². The van der Waals surface area contributed by atoms with Crippen LogP contribution < -0.4 is 9.64 Å². The minimum absolute atomic E-state index is 0.141. The third-order valence-corrected chi connectivity index (χ3v) is 4.47. The van der Waals surface area contributed by atoms with Gasteiger partial charge in [-0.1, -0.05) is 16.8 Å². The predicted octanol–water partition coefficient (Wildman–Crippen LogP) is 4.20. The normalized spacial score (nSPS) is 17.0. The van der Waals surface area contributed by atoms with E-state index in [1.165, 1.54) is 23.2 Å². The summed E-state index contributed by atoms with van der Waals surface area (Å²) < 4.78 is 45.8. The molecular weight excluding hydrogens is 413 g/mol. The standard InChI is InChI=1S/C18H12ClF3N4O3/c19-12-3-6-14(23-8-12)26-9-11(7-15(26)27)17-24-16(25-29-17)10-1-4-13(5-2-10)28-18(20,21)22/h1-6,8,11H,7,9H2. The van der Waals surface area contributed by atoms with Crippen LogP contribution in [0.4, 0.5) is 19.0 Å². The summed E-state index contributed by atoms with van der Waals surface area (Å²) in [6.07, 6.45) is -3.14. The highest BCUT2D eigenvalue weighted by molar-refractivity contribution is 6.30. The van der Waals surface area contributed by atoms with Crippen molar-refractivity contribution >= 4 is 23.3 Å². The molecule has 0 spiro atoms. The number of carbonyl (C=O) groups excluding carboxylic acids is 1. The lowest BCUT2D eigenvalue weighted by Crippen LogP contribution is -2.25. The first-order chi connectivity index (χ1) is 13.8. The van der Waals surface area contributed by atoms with Crippen LogP contribution in [0.2, 0.25) is 5.02 Å². The third kappa shape index (κ3) is 4.32. The quantitative estimate of drug-likeness (QED) is 0.624. The minimum atomic E-state index is -4.76. The molecule has 0 bridgehead atoms. The number of anilines is 1. The van der Waals surface area contributed by atoms with Crippen LogP contribution in [0.15, 0.2) is 47.1 Å². The molecule has 0 radical (unpaired) electrons. The van der Waals surface area contributed by atoms with Gasteiger partial charge in [0.25, 0.3) is 0 Å². The van der Waals surface area contributed by atoms with Crippen LogP contribution in [0.25, 0.3) is 11.4 Å². The zero-order chi connectivity index (χ0) is 20.6. The lowest BCUT2D eigenvalue weighted by atomic mass is 10.1. The molecule has 1 saturated heterocycles. The Kier molecular flexibility index (Phi) is 4.87. The van der Waals surface area contributed by atoms with Crippen molar-refractivity contribution in [3.8, 4) is 17.1 Å². The summed E-state index contributed by atoms with van der Waals surface area (Å²) >= 11 is 5.82. The molecule has 1 unspecified atom stereocenters. The molecule has 1 atom stereocenters. The molecule has 3 aromatic rings. The number of rotatable bonds is 4. The number of carbonyl (C=O) groups is 1. The molecule has 7 nitrogen and oxygen atoms in total. The van der Waals surface area contributed by atoms with Crippen LogP contribution in [-0.2, 0) is 4.79 Å². The lowest BCUT2D eigenvalue weighted by Gasteiger charge is -2.14. The van der Waals surface area contributed by atoms with Gasteiger partial charge in [-0.15, -0.1) is 13.2 Å². The van der Waals surface area contributed by atoms with Crippen LogP contribution in [0, 0.1) is 0 Å². The van der Waals surface area contributed by atoms with Gasteiger partial charge in [0, 0.05) is 24.7 Å². The zero-order valence-electron chi connectivity index (χ0n) is 14.6. The van der Waals surface area contributed by atoms with Crippen LogP contribution >= 0.6 is 11.6 Å². The second kappa shape index (κ2) is 7.36. The second-order valence-electron chi connectivity index (χ2n) is 6.27. The molecule has 150 valence electrons. The highest BCUT2D eigenvalue weighted by Crippen LogP contribution is 2.32. The average Bonchev–Trinajstić information content (AvgIpc) is 3.29. The summed E-state index contributed by atoms with van der Waals surface area (Å²) in [5, 5.41) is 4.32. The van der Waals surface area contributed by atoms with Gasteiger partial charge < -0.3 is 9.26 Å². The first-order valence-electron chi connectivity index (χ1n) is 8.40. The molecule has 0 saturated carbocycles. The number of hydrogen-bond acceptors (Lipinski definition) is 6. The third-order valence-electron chi connectivity index (χ3n) is 4.25. The Morgan fingerprint density at radius 3 is 2.59 bits per heavy atom. The van der Waals surface area contributed by atoms with Gasteiger partial charge >= 0.3 is 6.36 Å². The molecule has 4 rings (SSSR count). The Labute approximate surface area is 167 Å². The van der Waals surface area contributed by atoms with Gasteiger partial charge in [0.2, 0.25) is 17.6 Å². The predicted molar refractivity (Wildman–Crippen MR) is 95.4 cm³/mol. The van der Waals surface area contributed by atoms with E-state index in [1.54, 1.807) is 12.1 Å². The topological polar surface area (TPSA) is 81.3 Å². The van der Waals surface area contributed by atoms with E-state index in [9.17, 15) is 18.0 Å². The average molecular weight is 425 g/mol. The number of aromatic nitrogens is 3. The highest BCUT2D eigenvalue weighted by Gasteiger charge is 2.36. The van der Waals surface area contributed by atoms with Crippen molar-refractivity contribution in [3.05, 3.63) is 53.5 Å². The molecule has 29 heavy (non-hydrogen) atoms. The molecule has 1 aromatic carbocycles.